The molecule has 1 atom stereocenters. The Bertz CT molecular complexity index is 159. The molecule has 0 aromatic carbocycles. The average Bonchev–Trinajstić information content (AvgIpc) is 2.07. The van der Waals surface area contributed by atoms with Crippen molar-refractivity contribution in [2.45, 2.75) is 25.6 Å². The van der Waals surface area contributed by atoms with E-state index in [0.29, 0.717) is 26.1 Å². The third kappa shape index (κ3) is 9.96. The van der Waals surface area contributed by atoms with E-state index in [1.54, 1.807) is 14.0 Å². The van der Waals surface area contributed by atoms with Crippen molar-refractivity contribution in [1.82, 2.24) is 10.2 Å². The lowest BCUT2D eigenvalue weighted by Crippen LogP contribution is -2.40. The Balaban J connectivity index is 3.95. The zero-order valence-corrected chi connectivity index (χ0v) is 9.27. The summed E-state index contributed by atoms with van der Waals surface area (Å²) >= 11 is 0. The smallest absolute Gasteiger partial charge is 0.328 e. The predicted octanol–water partition coefficient (Wildman–Crippen LogP) is 0.807. The summed E-state index contributed by atoms with van der Waals surface area (Å²) < 4.78 is 36.5. The number of rotatable bonds is 7. The first-order chi connectivity index (χ1) is 6.85. The zero-order valence-electron chi connectivity index (χ0n) is 9.27. The maximum absolute atomic E-state index is 12.2. The predicted molar refractivity (Wildman–Crippen MR) is 54.7 cm³/mol. The third-order valence-corrected chi connectivity index (χ3v) is 1.98. The summed E-state index contributed by atoms with van der Waals surface area (Å²) in [7, 11) is 1.72. The van der Waals surface area contributed by atoms with E-state index in [2.05, 4.69) is 5.32 Å². The number of nitrogens with one attached hydrogen (secondary N) is 1. The Kier molecular flexibility index (Phi) is 6.87. The highest BCUT2D eigenvalue weighted by atomic mass is 19.4. The van der Waals surface area contributed by atoms with Crippen LogP contribution in [0.25, 0.3) is 0 Å². The fourth-order valence-corrected chi connectivity index (χ4v) is 1.18. The average molecular weight is 227 g/mol. The first kappa shape index (κ1) is 14.7. The number of halogens is 3. The molecule has 15 heavy (non-hydrogen) atoms. The Morgan fingerprint density at radius 3 is 2.33 bits per heavy atom. The van der Waals surface area contributed by atoms with Crippen molar-refractivity contribution in [2.24, 2.45) is 5.73 Å². The summed E-state index contributed by atoms with van der Waals surface area (Å²) in [5.41, 5.74) is 5.51. The Morgan fingerprint density at radius 1 is 1.33 bits per heavy atom. The molecule has 0 fully saturated rings. The molecule has 6 heteroatoms. The molecule has 0 aliphatic carbocycles. The Morgan fingerprint density at radius 2 is 1.93 bits per heavy atom. The van der Waals surface area contributed by atoms with Gasteiger partial charge in [0.15, 0.2) is 0 Å². The molecular weight excluding hydrogens is 207 g/mol. The largest absolute Gasteiger partial charge is 0.401 e. The number of hydrogen-bond acceptors (Lipinski definition) is 3. The van der Waals surface area contributed by atoms with Gasteiger partial charge in [-0.3, -0.25) is 4.90 Å². The molecular formula is C9H20F3N3. The van der Waals surface area contributed by atoms with E-state index in [1.807, 2.05) is 0 Å². The number of alkyl halides is 3. The molecule has 0 amide bonds. The second-order valence-electron chi connectivity index (χ2n) is 3.76. The molecule has 0 heterocycles. The van der Waals surface area contributed by atoms with E-state index >= 15 is 0 Å². The fourth-order valence-electron chi connectivity index (χ4n) is 1.18. The molecule has 0 saturated carbocycles. The molecule has 3 N–H and O–H groups in total. The molecule has 0 saturated heterocycles. The second kappa shape index (κ2) is 7.03. The topological polar surface area (TPSA) is 41.3 Å². The van der Waals surface area contributed by atoms with Crippen LogP contribution in [0.2, 0.25) is 0 Å². The summed E-state index contributed by atoms with van der Waals surface area (Å²) in [4.78, 5) is 1.37. The quantitative estimate of drug-likeness (QED) is 0.676. The van der Waals surface area contributed by atoms with Gasteiger partial charge in [-0.15, -0.1) is 0 Å². The molecule has 0 rings (SSSR count). The van der Waals surface area contributed by atoms with Gasteiger partial charge in [-0.1, -0.05) is 0 Å². The van der Waals surface area contributed by atoms with Gasteiger partial charge in [0, 0.05) is 19.1 Å². The molecule has 3 nitrogen and oxygen atoms in total. The molecule has 0 aliphatic rings. The van der Waals surface area contributed by atoms with Crippen LogP contribution in [0.4, 0.5) is 13.2 Å². The first-order valence-electron chi connectivity index (χ1n) is 5.04. The SMILES string of the molecule is CNCCN(CCC(C)N)CC(F)(F)F. The van der Waals surface area contributed by atoms with Crippen LogP contribution in [-0.4, -0.2) is 50.3 Å². The second-order valence-corrected chi connectivity index (χ2v) is 3.76. The monoisotopic (exact) mass is 227 g/mol. The van der Waals surface area contributed by atoms with Gasteiger partial charge in [0.1, 0.15) is 0 Å². The van der Waals surface area contributed by atoms with Crippen LogP contribution in [0.3, 0.4) is 0 Å². The van der Waals surface area contributed by atoms with Gasteiger partial charge in [0.05, 0.1) is 6.54 Å². The standard InChI is InChI=1S/C9H20F3N3/c1-8(13)3-5-15(6-4-14-2)7-9(10,11)12/h8,14H,3-7,13H2,1-2H3. The highest BCUT2D eigenvalue weighted by molar-refractivity contribution is 4.66. The molecule has 0 spiro atoms. The molecule has 92 valence electrons. The maximum atomic E-state index is 12.2. The van der Waals surface area contributed by atoms with Gasteiger partial charge in [0.2, 0.25) is 0 Å². The van der Waals surface area contributed by atoms with Crippen LogP contribution in [0.5, 0.6) is 0 Å². The summed E-state index contributed by atoms with van der Waals surface area (Å²) in [6.45, 7) is 2.27. The van der Waals surface area contributed by atoms with Gasteiger partial charge in [-0.2, -0.15) is 13.2 Å². The fraction of sp³-hybridized carbons (Fsp3) is 1.00. The van der Waals surface area contributed by atoms with E-state index < -0.39 is 12.7 Å². The van der Waals surface area contributed by atoms with Crippen LogP contribution in [0, 0.1) is 0 Å². The minimum atomic E-state index is -4.13. The number of likely N-dealkylation sites (N-methyl/N-ethyl adjacent to an activating group) is 1. The van der Waals surface area contributed by atoms with Crippen LogP contribution in [0.1, 0.15) is 13.3 Å². The minimum Gasteiger partial charge on any atom is -0.328 e. The Labute approximate surface area is 88.8 Å². The summed E-state index contributed by atoms with van der Waals surface area (Å²) in [5, 5.41) is 2.83. The normalized spacial score (nSPS) is 14.6. The summed E-state index contributed by atoms with van der Waals surface area (Å²) in [5.74, 6) is 0. The van der Waals surface area contributed by atoms with Crippen LogP contribution in [0.15, 0.2) is 0 Å². The van der Waals surface area contributed by atoms with Crippen molar-refractivity contribution in [3.05, 3.63) is 0 Å². The molecule has 1 unspecified atom stereocenters. The number of nitrogens with zero attached hydrogens (tertiary/aromatic N) is 1. The van der Waals surface area contributed by atoms with E-state index in [9.17, 15) is 13.2 Å². The number of nitrogens with two attached hydrogens (primary N) is 1. The number of hydrogen-bond donors (Lipinski definition) is 2. The van der Waals surface area contributed by atoms with Crippen LogP contribution >= 0.6 is 0 Å². The molecule has 0 aliphatic heterocycles. The molecule has 0 aromatic rings. The van der Waals surface area contributed by atoms with Crippen molar-refractivity contribution < 1.29 is 13.2 Å². The van der Waals surface area contributed by atoms with Crippen LogP contribution < -0.4 is 11.1 Å². The van der Waals surface area contributed by atoms with E-state index in [1.165, 1.54) is 4.90 Å². The lowest BCUT2D eigenvalue weighted by Gasteiger charge is -2.24. The van der Waals surface area contributed by atoms with Crippen molar-refractivity contribution >= 4 is 0 Å². The van der Waals surface area contributed by atoms with E-state index in [4.69, 9.17) is 5.73 Å². The van der Waals surface area contributed by atoms with E-state index in [0.717, 1.165) is 0 Å². The van der Waals surface area contributed by atoms with Gasteiger partial charge >= 0.3 is 6.18 Å². The van der Waals surface area contributed by atoms with Crippen molar-refractivity contribution in [1.29, 1.82) is 0 Å². The molecule has 0 aromatic heterocycles. The highest BCUT2D eigenvalue weighted by Crippen LogP contribution is 2.16. The van der Waals surface area contributed by atoms with Gasteiger partial charge in [-0.05, 0) is 26.9 Å². The highest BCUT2D eigenvalue weighted by Gasteiger charge is 2.30. The Hall–Kier alpha value is -0.330. The van der Waals surface area contributed by atoms with E-state index in [-0.39, 0.29) is 6.04 Å². The van der Waals surface area contributed by atoms with Crippen LogP contribution in [-0.2, 0) is 0 Å². The summed E-state index contributed by atoms with van der Waals surface area (Å²) in [6.07, 6.45) is -3.55. The van der Waals surface area contributed by atoms with Crippen molar-refractivity contribution in [2.75, 3.05) is 33.2 Å². The maximum Gasteiger partial charge on any atom is 0.401 e. The van der Waals surface area contributed by atoms with Crippen molar-refractivity contribution in [3.63, 3.8) is 0 Å². The minimum absolute atomic E-state index is 0.0599. The zero-order chi connectivity index (χ0) is 11.9. The van der Waals surface area contributed by atoms with Gasteiger partial charge in [0.25, 0.3) is 0 Å². The lowest BCUT2D eigenvalue weighted by atomic mass is 10.2. The molecule has 0 radical (unpaired) electrons. The van der Waals surface area contributed by atoms with Gasteiger partial charge in [-0.25, -0.2) is 0 Å². The lowest BCUT2D eigenvalue weighted by molar-refractivity contribution is -0.145. The summed E-state index contributed by atoms with van der Waals surface area (Å²) in [6, 6.07) is -0.0599. The van der Waals surface area contributed by atoms with Gasteiger partial charge < -0.3 is 11.1 Å². The molecule has 0 bridgehead atoms. The third-order valence-electron chi connectivity index (χ3n) is 1.98. The first-order valence-corrected chi connectivity index (χ1v) is 5.04. The van der Waals surface area contributed by atoms with Crippen molar-refractivity contribution in [3.8, 4) is 0 Å².